The van der Waals surface area contributed by atoms with E-state index in [-0.39, 0.29) is 11.7 Å². The first kappa shape index (κ1) is 24.8. The van der Waals surface area contributed by atoms with Gasteiger partial charge in [-0.25, -0.2) is 0 Å². The van der Waals surface area contributed by atoms with Crippen LogP contribution in [0.25, 0.3) is 28.1 Å². The molecule has 7 nitrogen and oxygen atoms in total. The third-order valence-electron chi connectivity index (χ3n) is 6.14. The van der Waals surface area contributed by atoms with Crippen molar-refractivity contribution >= 4 is 17.6 Å². The Kier molecular flexibility index (Phi) is 6.66. The largest absolute Gasteiger partial charge is 0.459 e. The molecular weight excluding hydrogens is 478 g/mol. The van der Waals surface area contributed by atoms with Crippen LogP contribution in [0.4, 0.5) is 5.69 Å². The Morgan fingerprint density at radius 1 is 0.868 bits per heavy atom. The van der Waals surface area contributed by atoms with Crippen LogP contribution in [0.3, 0.4) is 0 Å². The summed E-state index contributed by atoms with van der Waals surface area (Å²) in [6.45, 7) is 7.41. The van der Waals surface area contributed by atoms with E-state index in [1.165, 1.54) is 13.2 Å². The molecule has 190 valence electrons. The van der Waals surface area contributed by atoms with Gasteiger partial charge in [0.15, 0.2) is 5.76 Å². The van der Waals surface area contributed by atoms with Gasteiger partial charge in [-0.2, -0.15) is 9.78 Å². The number of anilines is 1. The molecule has 0 bridgehead atoms. The van der Waals surface area contributed by atoms with E-state index in [4.69, 9.17) is 14.3 Å². The number of furan rings is 1. The molecule has 38 heavy (non-hydrogen) atoms. The fourth-order valence-electron chi connectivity index (χ4n) is 4.32. The first-order valence-electron chi connectivity index (χ1n) is 12.2. The number of hydrogen-bond acceptors (Lipinski definition) is 5. The van der Waals surface area contributed by atoms with Crippen LogP contribution in [0.1, 0.15) is 34.2 Å². The van der Waals surface area contributed by atoms with Crippen molar-refractivity contribution < 1.29 is 18.7 Å². The lowest BCUT2D eigenvalue weighted by Crippen LogP contribution is -2.10. The van der Waals surface area contributed by atoms with Gasteiger partial charge in [-0.05, 0) is 73.9 Å². The predicted octanol–water partition coefficient (Wildman–Crippen LogP) is 6.90. The summed E-state index contributed by atoms with van der Waals surface area (Å²) in [5.74, 6) is -0.236. The number of aromatic nitrogens is 2. The lowest BCUT2D eigenvalue weighted by atomic mass is 10.00. The highest BCUT2D eigenvalue weighted by Crippen LogP contribution is 2.42. The van der Waals surface area contributed by atoms with Crippen LogP contribution in [0.5, 0.6) is 5.88 Å². The molecule has 0 radical (unpaired) electrons. The third kappa shape index (κ3) is 4.99. The van der Waals surface area contributed by atoms with Crippen LogP contribution in [0.15, 0.2) is 89.5 Å². The summed E-state index contributed by atoms with van der Waals surface area (Å²) < 4.78 is 12.7. The molecule has 0 fully saturated rings. The summed E-state index contributed by atoms with van der Waals surface area (Å²) in [7, 11) is 0. The van der Waals surface area contributed by atoms with Gasteiger partial charge in [0.2, 0.25) is 5.88 Å². The Balaban J connectivity index is 1.67. The molecule has 1 N–H and O–H groups in total. The number of benzene rings is 3. The standard InChI is InChI=1S/C31H27N3O4/c1-19-7-5-8-24(17-19)29-28(23-12-14-25(15-13-23)32-30(36)27-9-6-16-37-27)31(38-22(4)35)34(33-29)26-18-20(2)10-11-21(26)3/h5-18H,1-4H3,(H,32,36). The van der Waals surface area contributed by atoms with Crippen LogP contribution in [-0.2, 0) is 4.79 Å². The van der Waals surface area contributed by atoms with Crippen LogP contribution >= 0.6 is 0 Å². The lowest BCUT2D eigenvalue weighted by Gasteiger charge is -2.12. The topological polar surface area (TPSA) is 86.4 Å². The van der Waals surface area contributed by atoms with Gasteiger partial charge in [0, 0.05) is 18.2 Å². The number of carbonyl (C=O) groups is 2. The minimum Gasteiger partial charge on any atom is -0.459 e. The van der Waals surface area contributed by atoms with Crippen molar-refractivity contribution in [2.75, 3.05) is 5.32 Å². The zero-order valence-corrected chi connectivity index (χ0v) is 21.6. The van der Waals surface area contributed by atoms with Gasteiger partial charge < -0.3 is 14.5 Å². The molecule has 5 rings (SSSR count). The fraction of sp³-hybridized carbons (Fsp3) is 0.129. The first-order valence-corrected chi connectivity index (χ1v) is 12.2. The SMILES string of the molecule is CC(=O)Oc1c(-c2ccc(NC(=O)c3ccco3)cc2)c(-c2cccc(C)c2)nn1-c1cc(C)ccc1C. The van der Waals surface area contributed by atoms with Gasteiger partial charge in [0.25, 0.3) is 5.91 Å². The quantitative estimate of drug-likeness (QED) is 0.254. The van der Waals surface area contributed by atoms with Gasteiger partial charge in [0.05, 0.1) is 17.5 Å². The zero-order valence-electron chi connectivity index (χ0n) is 21.6. The molecule has 1 amide bonds. The molecule has 0 aliphatic rings. The van der Waals surface area contributed by atoms with Gasteiger partial charge in [-0.15, -0.1) is 0 Å². The lowest BCUT2D eigenvalue weighted by molar-refractivity contribution is -0.132. The number of rotatable bonds is 6. The average molecular weight is 506 g/mol. The summed E-state index contributed by atoms with van der Waals surface area (Å²) in [5.41, 5.74) is 7.59. The van der Waals surface area contributed by atoms with E-state index in [9.17, 15) is 9.59 Å². The third-order valence-corrected chi connectivity index (χ3v) is 6.14. The van der Waals surface area contributed by atoms with E-state index in [1.807, 2.05) is 69.3 Å². The molecular formula is C31H27N3O4. The first-order chi connectivity index (χ1) is 18.3. The maximum absolute atomic E-state index is 12.4. The Morgan fingerprint density at radius 3 is 2.32 bits per heavy atom. The normalized spacial score (nSPS) is 10.8. The van der Waals surface area contributed by atoms with Crippen molar-refractivity contribution in [1.29, 1.82) is 0 Å². The maximum atomic E-state index is 12.4. The highest BCUT2D eigenvalue weighted by Gasteiger charge is 2.25. The van der Waals surface area contributed by atoms with Crippen molar-refractivity contribution in [3.8, 4) is 34.0 Å². The number of aryl methyl sites for hydroxylation is 3. The van der Waals surface area contributed by atoms with Gasteiger partial charge in [-0.3, -0.25) is 9.59 Å². The van der Waals surface area contributed by atoms with Gasteiger partial charge in [0.1, 0.15) is 5.69 Å². The molecule has 5 aromatic rings. The molecule has 0 saturated carbocycles. The van der Waals surface area contributed by atoms with Crippen molar-refractivity contribution in [2.45, 2.75) is 27.7 Å². The number of hydrogen-bond donors (Lipinski definition) is 1. The summed E-state index contributed by atoms with van der Waals surface area (Å²) in [5, 5.41) is 7.81. The summed E-state index contributed by atoms with van der Waals surface area (Å²) >= 11 is 0. The second-order valence-corrected chi connectivity index (χ2v) is 9.20. The van der Waals surface area contributed by atoms with Gasteiger partial charge in [-0.1, -0.05) is 48.0 Å². The number of esters is 1. The Labute approximate surface area is 220 Å². The molecule has 0 aliphatic heterocycles. The highest BCUT2D eigenvalue weighted by molar-refractivity contribution is 6.02. The molecule has 2 aromatic heterocycles. The van der Waals surface area contributed by atoms with Crippen LogP contribution < -0.4 is 10.1 Å². The van der Waals surface area contributed by atoms with E-state index < -0.39 is 5.97 Å². The molecule has 3 aromatic carbocycles. The number of ether oxygens (including phenoxy) is 1. The van der Waals surface area contributed by atoms with Crippen LogP contribution in [0, 0.1) is 20.8 Å². The van der Waals surface area contributed by atoms with E-state index in [1.54, 1.807) is 28.9 Å². The Hall–Kier alpha value is -4.91. The predicted molar refractivity (Wildman–Crippen MR) is 147 cm³/mol. The van der Waals surface area contributed by atoms with Crippen molar-refractivity contribution in [3.05, 3.63) is 108 Å². The molecule has 0 unspecified atom stereocenters. The number of carbonyl (C=O) groups excluding carboxylic acids is 2. The molecule has 0 atom stereocenters. The van der Waals surface area contributed by atoms with E-state index in [0.717, 1.165) is 33.5 Å². The Bertz CT molecular complexity index is 1630. The maximum Gasteiger partial charge on any atom is 0.309 e. The summed E-state index contributed by atoms with van der Waals surface area (Å²) in [6, 6.07) is 24.7. The Morgan fingerprint density at radius 2 is 1.63 bits per heavy atom. The van der Waals surface area contributed by atoms with Crippen molar-refractivity contribution in [3.63, 3.8) is 0 Å². The second kappa shape index (κ2) is 10.2. The number of nitrogens with one attached hydrogen (secondary N) is 1. The van der Waals surface area contributed by atoms with Crippen LogP contribution in [-0.4, -0.2) is 21.7 Å². The van der Waals surface area contributed by atoms with E-state index in [0.29, 0.717) is 22.8 Å². The minimum absolute atomic E-state index is 0.225. The molecule has 0 saturated heterocycles. The van der Waals surface area contributed by atoms with Crippen molar-refractivity contribution in [1.82, 2.24) is 9.78 Å². The van der Waals surface area contributed by atoms with E-state index in [2.05, 4.69) is 11.4 Å². The molecule has 2 heterocycles. The van der Waals surface area contributed by atoms with Gasteiger partial charge >= 0.3 is 5.97 Å². The average Bonchev–Trinajstić information content (AvgIpc) is 3.55. The van der Waals surface area contributed by atoms with Crippen molar-refractivity contribution in [2.24, 2.45) is 0 Å². The molecule has 0 spiro atoms. The minimum atomic E-state index is -0.448. The fourth-order valence-corrected chi connectivity index (χ4v) is 4.32. The smallest absolute Gasteiger partial charge is 0.309 e. The summed E-state index contributed by atoms with van der Waals surface area (Å²) in [4.78, 5) is 24.7. The van der Waals surface area contributed by atoms with Crippen LogP contribution in [0.2, 0.25) is 0 Å². The highest BCUT2D eigenvalue weighted by atomic mass is 16.5. The van der Waals surface area contributed by atoms with E-state index >= 15 is 0 Å². The number of nitrogens with zero attached hydrogens (tertiary/aromatic N) is 2. The molecule has 7 heteroatoms. The second-order valence-electron chi connectivity index (χ2n) is 9.20. The monoisotopic (exact) mass is 505 g/mol. The zero-order chi connectivity index (χ0) is 26.8. The number of amides is 1. The summed E-state index contributed by atoms with van der Waals surface area (Å²) in [6.07, 6.45) is 1.45. The molecule has 0 aliphatic carbocycles.